The van der Waals surface area contributed by atoms with Crippen LogP contribution in [0.4, 0.5) is 15.3 Å². The molecule has 5 aliphatic rings. The van der Waals surface area contributed by atoms with Gasteiger partial charge in [-0.05, 0) is 150 Å². The first-order valence-corrected chi connectivity index (χ1v) is 45.9. The topological polar surface area (TPSA) is 608 Å². The number of thioether (sulfide) groups is 1. The number of esters is 3. The lowest BCUT2D eigenvalue weighted by molar-refractivity contribution is -0.346. The number of primary amides is 2. The van der Waals surface area contributed by atoms with E-state index in [2.05, 4.69) is 53.2 Å². The number of amides is 13. The highest BCUT2D eigenvalue weighted by Gasteiger charge is 2.78. The molecule has 17 N–H and O–H groups in total. The number of fused-ring (bicyclic) bond motifs is 5. The lowest BCUT2D eigenvalue weighted by Gasteiger charge is -2.67. The Kier molecular flexibility index (Phi) is 37.3. The van der Waals surface area contributed by atoms with Gasteiger partial charge in [-0.1, -0.05) is 109 Å². The molecule has 2 aliphatic heterocycles. The summed E-state index contributed by atoms with van der Waals surface area (Å²) in [6, 6.07) is 9.90. The van der Waals surface area contributed by atoms with E-state index >= 15 is 9.59 Å². The van der Waals surface area contributed by atoms with Gasteiger partial charge in [0.2, 0.25) is 77.0 Å². The van der Waals surface area contributed by atoms with Crippen molar-refractivity contribution >= 4 is 124 Å². The summed E-state index contributed by atoms with van der Waals surface area (Å²) in [6.45, 7) is 19.0. The first-order valence-electron chi connectivity index (χ1n) is 44.5. The van der Waals surface area contributed by atoms with Crippen molar-refractivity contribution in [2.75, 3.05) is 43.6 Å². The average molecular weight is 1900 g/mol. The number of hydrogen-bond donors (Lipinski definition) is 15. The van der Waals surface area contributed by atoms with Crippen molar-refractivity contribution in [2.24, 2.45) is 40.1 Å². The van der Waals surface area contributed by atoms with Crippen LogP contribution in [0.25, 0.3) is 0 Å². The second-order valence-corrected chi connectivity index (χ2v) is 37.6. The van der Waals surface area contributed by atoms with Crippen molar-refractivity contribution in [1.29, 1.82) is 0 Å². The van der Waals surface area contributed by atoms with Crippen molar-refractivity contribution in [3.8, 4) is 0 Å². The number of hydrogen-bond acceptors (Lipinski definition) is 29. The Morgan fingerprint density at radius 3 is 1.86 bits per heavy atom. The van der Waals surface area contributed by atoms with E-state index in [4.69, 9.17) is 44.6 Å². The van der Waals surface area contributed by atoms with Crippen LogP contribution in [0.3, 0.4) is 0 Å². The van der Waals surface area contributed by atoms with Crippen molar-refractivity contribution < 1.29 is 135 Å². The number of ether oxygens (including phenoxy) is 7. The van der Waals surface area contributed by atoms with Crippen LogP contribution in [0.5, 0.6) is 0 Å². The predicted molar refractivity (Wildman–Crippen MR) is 480 cm³/mol. The highest BCUT2D eigenvalue weighted by molar-refractivity contribution is 7.98. The number of nitrogens with two attached hydrogens (primary N) is 2. The van der Waals surface area contributed by atoms with Crippen LogP contribution in [-0.2, 0) is 112 Å². The summed E-state index contributed by atoms with van der Waals surface area (Å²) >= 11 is 1.30. The lowest BCUT2D eigenvalue weighted by Crippen LogP contribution is -2.81. The molecule has 8 rings (SSSR count). The number of rotatable bonds is 42. The van der Waals surface area contributed by atoms with Gasteiger partial charge in [0.25, 0.3) is 0 Å². The summed E-state index contributed by atoms with van der Waals surface area (Å²) < 4.78 is 42.0. The van der Waals surface area contributed by atoms with Crippen molar-refractivity contribution in [3.05, 3.63) is 113 Å². The van der Waals surface area contributed by atoms with Gasteiger partial charge in [0.1, 0.15) is 90.6 Å². The van der Waals surface area contributed by atoms with Crippen molar-refractivity contribution in [2.45, 2.75) is 276 Å². The second-order valence-electron chi connectivity index (χ2n) is 36.6. The van der Waals surface area contributed by atoms with Crippen LogP contribution in [0.1, 0.15) is 195 Å². The molecular weight excluding hydrogens is 1770 g/mol. The third kappa shape index (κ3) is 26.9. The van der Waals surface area contributed by atoms with E-state index in [9.17, 15) is 92.0 Å². The molecule has 0 spiro atoms. The molecule has 3 aromatic rings. The first kappa shape index (κ1) is 107. The van der Waals surface area contributed by atoms with Gasteiger partial charge in [-0.15, -0.1) is 0 Å². The van der Waals surface area contributed by atoms with E-state index in [0.717, 1.165) is 6.92 Å². The lowest BCUT2D eigenvalue weighted by atomic mass is 9.44. The average Bonchev–Trinajstić information content (AvgIpc) is 0.702. The minimum absolute atomic E-state index is 0.00333. The highest BCUT2D eigenvalue weighted by atomic mass is 32.2. The van der Waals surface area contributed by atoms with Crippen molar-refractivity contribution in [1.82, 2.24) is 52.8 Å². The van der Waals surface area contributed by atoms with Gasteiger partial charge in [0, 0.05) is 57.2 Å². The standard InChI is InChI=1S/C92H127N13O28S/c1-16-48(4)70(103-67(111)43-96-78(116)57(33-35-65(93)109)101-82(120)61-28-23-38-105(61)68(112)44-95-51(7)106)83(121)97-50(6)77(115)99-59(37-39-134-15)80(118)100-58(34-36-66(94)110)79(117)102-60(40-47(2)3)81(119)98-56-31-29-53(30-32-56)45-127-87(125)130-73(71(54-24-19-17-20-25-54)104-86(124)133-88(9,10)11)85(123)129-62-42-92(126)76(131-84(122)55-26-21-18-22-27-55)74-90(14,75(114)72(113)69(49(62)5)89(92,12)13)63(108)41-64-91(74,46-128-64)132-52(8)107/h17-22,24-27,29-32,47-48,50,57-64,70-74,76,108,113,126H,16,23,28,33-46H2,1-15H3,(H2,93,109)(H2,94,110)(H,95,106)(H,96,116)(H,97,121)(H,98,119)(H,99,115)(H,100,118)(H,101,120)(H,102,117)(H,103,111)(H,104,124)/t48-,50-,57-,58-,59-,60-,61-,62-,63-,64+,70-,71-,72+,73+,74-,76-,90+,91-,92+/m0/s1. The summed E-state index contributed by atoms with van der Waals surface area (Å²) in [4.78, 5) is 249. The maximum atomic E-state index is 15.6. The summed E-state index contributed by atoms with van der Waals surface area (Å²) in [7, 11) is 0. The zero-order chi connectivity index (χ0) is 99.4. The summed E-state index contributed by atoms with van der Waals surface area (Å²) in [6.07, 6.45) is -13.4. The van der Waals surface area contributed by atoms with E-state index in [-0.39, 0.29) is 103 Å². The Bertz CT molecular complexity index is 4860. The van der Waals surface area contributed by atoms with Crippen LogP contribution >= 0.6 is 11.8 Å². The fourth-order valence-electron chi connectivity index (χ4n) is 17.5. The second kappa shape index (κ2) is 46.7. The third-order valence-corrected chi connectivity index (χ3v) is 25.6. The predicted octanol–water partition coefficient (Wildman–Crippen LogP) is 2.11. The molecule has 13 amide bonds. The number of ketones is 1. The van der Waals surface area contributed by atoms with Crippen LogP contribution in [0, 0.1) is 28.6 Å². The minimum atomic E-state index is -2.58. The molecule has 2 heterocycles. The zero-order valence-electron chi connectivity index (χ0n) is 78.0. The molecular formula is C92H127N13O28S. The minimum Gasteiger partial charge on any atom is -0.455 e. The fourth-order valence-corrected chi connectivity index (χ4v) is 18.0. The smallest absolute Gasteiger partial charge is 0.455 e. The zero-order valence-corrected chi connectivity index (χ0v) is 78.8. The first-order chi connectivity index (χ1) is 62.9. The number of nitrogens with one attached hydrogen (secondary N) is 10. The Labute approximate surface area is 780 Å². The van der Waals surface area contributed by atoms with Gasteiger partial charge in [0.15, 0.2) is 11.4 Å². The number of carbonyl (C=O) groups is 18. The fraction of sp³-hybridized carbons (Fsp3) is 0.587. The number of aliphatic hydroxyl groups excluding tert-OH is 2. The Hall–Kier alpha value is -12.2. The van der Waals surface area contributed by atoms with E-state index in [1.54, 1.807) is 91.1 Å². The van der Waals surface area contributed by atoms with Crippen molar-refractivity contribution in [3.63, 3.8) is 0 Å². The number of carbonyl (C=O) groups excluding carboxylic acids is 18. The molecule has 42 heteroatoms. The SMILES string of the molecule is CC[C@H](C)[C@H](NC(=O)CNC(=O)[C@H](CCC(N)=O)NC(=O)[C@@H]1CCCN1C(=O)CNC(C)=O)C(=O)N[C@@H](C)C(=O)N[C@@H](CCSC)C(=O)N[C@@H](CCC(N)=O)C(=O)N[C@@H](CC(C)C)C(=O)Nc1ccc(COC(=O)O[C@@H](C(=O)O[C@H]2C[C@@]3(O)[C@@H](OC(=O)c4ccccc4)[C@@H]4[C@]5(OC(C)=O)CO[C@@H]5C[C@H](O)[C@@]4(C)C(=O)[C@H](O)C(=C2C)C3(C)C)[C@@H](NC(=O)OC(C)(C)C)c2ccccc2)cc1. The van der Waals surface area contributed by atoms with Crippen LogP contribution < -0.4 is 64.6 Å². The largest absolute Gasteiger partial charge is 0.509 e. The molecule has 3 aromatic carbocycles. The van der Waals surface area contributed by atoms with E-state index in [0.29, 0.717) is 12.8 Å². The maximum absolute atomic E-state index is 15.6. The molecule has 4 fully saturated rings. The maximum Gasteiger partial charge on any atom is 0.509 e. The van der Waals surface area contributed by atoms with Crippen LogP contribution in [-0.4, -0.2) is 261 Å². The molecule has 134 heavy (non-hydrogen) atoms. The number of benzene rings is 3. The van der Waals surface area contributed by atoms with Gasteiger partial charge >= 0.3 is 30.2 Å². The molecule has 0 aromatic heterocycles. The van der Waals surface area contributed by atoms with Crippen LogP contribution in [0.15, 0.2) is 96.1 Å². The number of likely N-dealkylation sites (tertiary alicyclic amines) is 1. The highest BCUT2D eigenvalue weighted by Crippen LogP contribution is 2.64. The Balaban J connectivity index is 0.952. The molecule has 734 valence electrons. The van der Waals surface area contributed by atoms with Gasteiger partial charge < -0.3 is 118 Å². The summed E-state index contributed by atoms with van der Waals surface area (Å²) in [5.74, 6) is -16.1. The summed E-state index contributed by atoms with van der Waals surface area (Å²) in [5.41, 5.74) is 1.60. The molecule has 2 saturated heterocycles. The molecule has 41 nitrogen and oxygen atoms in total. The van der Waals surface area contributed by atoms with Gasteiger partial charge in [0.05, 0.1) is 42.7 Å². The van der Waals surface area contributed by atoms with Crippen LogP contribution in [0.2, 0.25) is 0 Å². The monoisotopic (exact) mass is 1890 g/mol. The molecule has 19 atom stereocenters. The molecule has 0 radical (unpaired) electrons. The van der Waals surface area contributed by atoms with Gasteiger partial charge in [-0.2, -0.15) is 11.8 Å². The van der Waals surface area contributed by atoms with Gasteiger partial charge in [-0.3, -0.25) is 67.1 Å². The van der Waals surface area contributed by atoms with E-state index < -0.39 is 264 Å². The molecule has 2 bridgehead atoms. The van der Waals surface area contributed by atoms with E-state index in [1.807, 2.05) is 0 Å². The number of nitrogens with zero attached hydrogens (tertiary/aromatic N) is 1. The molecule has 0 unspecified atom stereocenters. The number of Topliss-reactive ketones (excluding diaryl/α,β-unsaturated/α-hetero) is 1. The van der Waals surface area contributed by atoms with E-state index in [1.165, 1.54) is 107 Å². The Morgan fingerprint density at radius 1 is 0.694 bits per heavy atom. The quantitative estimate of drug-likeness (QED) is 0.0219. The van der Waals surface area contributed by atoms with Gasteiger partial charge in [-0.25, -0.2) is 19.2 Å². The normalized spacial score (nSPS) is 23.6. The Morgan fingerprint density at radius 2 is 1.29 bits per heavy atom. The summed E-state index contributed by atoms with van der Waals surface area (Å²) in [5, 5.41) is 64.5. The number of alkyl carbamates (subject to hydrolysis) is 1. The molecule has 2 saturated carbocycles. The number of aliphatic hydroxyl groups is 3. The number of anilines is 1. The third-order valence-electron chi connectivity index (χ3n) is 24.9. The molecule has 3 aliphatic carbocycles.